The van der Waals surface area contributed by atoms with Gasteiger partial charge in [-0.15, -0.1) is 11.8 Å². The van der Waals surface area contributed by atoms with Crippen LogP contribution in [0.5, 0.6) is 5.88 Å². The molecular weight excluding hydrogens is 381 g/mol. The molecule has 1 aliphatic heterocycles. The predicted molar refractivity (Wildman–Crippen MR) is 87.2 cm³/mol. The first-order valence-corrected chi connectivity index (χ1v) is 10.2. The van der Waals surface area contributed by atoms with E-state index in [4.69, 9.17) is 0 Å². The largest absolute Gasteiger partial charge is 0.468 e. The lowest BCUT2D eigenvalue weighted by molar-refractivity contribution is -0.154. The predicted octanol–water partition coefficient (Wildman–Crippen LogP) is 1.56. The van der Waals surface area contributed by atoms with Crippen molar-refractivity contribution >= 4 is 27.5 Å². The Labute approximate surface area is 147 Å². The second-order valence-corrected chi connectivity index (χ2v) is 9.00. The Kier molecular flexibility index (Phi) is 6.55. The number of ether oxygens (including phenoxy) is 1. The molecule has 1 saturated heterocycles. The van der Waals surface area contributed by atoms with Gasteiger partial charge in [-0.3, -0.25) is 4.79 Å². The molecule has 2 heterocycles. The second kappa shape index (κ2) is 8.26. The number of halogens is 3. The van der Waals surface area contributed by atoms with Gasteiger partial charge in [0.25, 0.3) is 0 Å². The van der Waals surface area contributed by atoms with Crippen LogP contribution in [0.3, 0.4) is 0 Å². The van der Waals surface area contributed by atoms with E-state index in [0.29, 0.717) is 12.0 Å². The second-order valence-electron chi connectivity index (χ2n) is 5.48. The average Bonchev–Trinajstić information content (AvgIpc) is 2.88. The van der Waals surface area contributed by atoms with E-state index in [-0.39, 0.29) is 40.8 Å². The molecule has 1 aliphatic rings. The number of aromatic nitrogens is 1. The van der Waals surface area contributed by atoms with Gasteiger partial charge in [-0.1, -0.05) is 6.07 Å². The third-order valence-corrected chi connectivity index (χ3v) is 6.62. The molecule has 1 aromatic rings. The van der Waals surface area contributed by atoms with Gasteiger partial charge in [-0.05, 0) is 12.5 Å². The Balaban J connectivity index is 1.79. The number of carbonyl (C=O) groups excluding carboxylic acids is 1. The van der Waals surface area contributed by atoms with E-state index < -0.39 is 22.6 Å². The zero-order chi connectivity index (χ0) is 18.5. The number of amides is 1. The van der Waals surface area contributed by atoms with Crippen LogP contribution in [0.25, 0.3) is 0 Å². The Bertz CT molecular complexity index is 710. The molecule has 1 atom stereocenters. The van der Waals surface area contributed by atoms with Gasteiger partial charge in [-0.25, -0.2) is 13.4 Å². The van der Waals surface area contributed by atoms with Gasteiger partial charge in [0.15, 0.2) is 16.4 Å². The van der Waals surface area contributed by atoms with Crippen LogP contribution in [0.4, 0.5) is 13.2 Å². The zero-order valence-corrected chi connectivity index (χ0v) is 14.7. The lowest BCUT2D eigenvalue weighted by atomic mass is 10.2. The van der Waals surface area contributed by atoms with Crippen molar-refractivity contribution in [2.75, 3.05) is 23.9 Å². The van der Waals surface area contributed by atoms with Crippen LogP contribution in [0.15, 0.2) is 18.3 Å². The van der Waals surface area contributed by atoms with Gasteiger partial charge in [0.05, 0.1) is 17.3 Å². The fourth-order valence-corrected chi connectivity index (χ4v) is 5.64. The molecule has 11 heteroatoms. The lowest BCUT2D eigenvalue weighted by Gasteiger charge is -2.13. The number of alkyl halides is 3. The number of pyridine rings is 1. The highest BCUT2D eigenvalue weighted by atomic mass is 32.2. The van der Waals surface area contributed by atoms with Crippen molar-refractivity contribution in [3.8, 4) is 5.88 Å². The summed E-state index contributed by atoms with van der Waals surface area (Å²) in [6.45, 7) is -1.49. The Morgan fingerprint density at radius 1 is 1.44 bits per heavy atom. The van der Waals surface area contributed by atoms with Crippen molar-refractivity contribution in [3.05, 3.63) is 23.9 Å². The summed E-state index contributed by atoms with van der Waals surface area (Å²) in [4.78, 5) is 15.6. The van der Waals surface area contributed by atoms with Crippen molar-refractivity contribution in [1.29, 1.82) is 0 Å². The third kappa shape index (κ3) is 7.10. The maximum atomic E-state index is 12.2. The summed E-state index contributed by atoms with van der Waals surface area (Å²) in [5.74, 6) is -0.223. The monoisotopic (exact) mass is 398 g/mol. The molecule has 0 aromatic carbocycles. The van der Waals surface area contributed by atoms with Crippen LogP contribution in [0, 0.1) is 0 Å². The van der Waals surface area contributed by atoms with Crippen LogP contribution < -0.4 is 10.1 Å². The molecule has 2 rings (SSSR count). The SMILES string of the molecule is O=C(CSC1CCS(=O)(=O)C1)NCc1cccnc1OCC(F)(F)F. The highest BCUT2D eigenvalue weighted by Gasteiger charge is 2.29. The molecule has 1 fully saturated rings. The van der Waals surface area contributed by atoms with E-state index >= 15 is 0 Å². The summed E-state index contributed by atoms with van der Waals surface area (Å²) in [6.07, 6.45) is -2.65. The van der Waals surface area contributed by atoms with Crippen LogP contribution >= 0.6 is 11.8 Å². The molecule has 0 spiro atoms. The minimum absolute atomic E-state index is 0.0244. The summed E-state index contributed by atoms with van der Waals surface area (Å²) in [5.41, 5.74) is 0.327. The molecule has 6 nitrogen and oxygen atoms in total. The van der Waals surface area contributed by atoms with Crippen molar-refractivity contribution in [1.82, 2.24) is 10.3 Å². The number of hydrogen-bond acceptors (Lipinski definition) is 6. The van der Waals surface area contributed by atoms with Crippen LogP contribution in [0.1, 0.15) is 12.0 Å². The summed E-state index contributed by atoms with van der Waals surface area (Å²) < 4.78 is 64.0. The first kappa shape index (κ1) is 19.8. The summed E-state index contributed by atoms with van der Waals surface area (Å²) in [6, 6.07) is 3.04. The molecule has 0 bridgehead atoms. The van der Waals surface area contributed by atoms with Crippen LogP contribution in [-0.4, -0.2) is 54.6 Å². The van der Waals surface area contributed by atoms with E-state index in [2.05, 4.69) is 15.0 Å². The number of rotatable bonds is 7. The maximum Gasteiger partial charge on any atom is 0.422 e. The first-order chi connectivity index (χ1) is 11.6. The molecule has 140 valence electrons. The quantitative estimate of drug-likeness (QED) is 0.750. The average molecular weight is 398 g/mol. The molecule has 1 N–H and O–H groups in total. The van der Waals surface area contributed by atoms with Crippen molar-refractivity contribution in [3.63, 3.8) is 0 Å². The van der Waals surface area contributed by atoms with Crippen LogP contribution in [-0.2, 0) is 21.2 Å². The summed E-state index contributed by atoms with van der Waals surface area (Å²) in [5, 5.41) is 2.47. The Hall–Kier alpha value is -1.49. The highest BCUT2D eigenvalue weighted by Crippen LogP contribution is 2.24. The van der Waals surface area contributed by atoms with E-state index in [9.17, 15) is 26.4 Å². The molecule has 1 unspecified atom stereocenters. The fourth-order valence-electron chi connectivity index (χ4n) is 2.17. The number of carbonyl (C=O) groups is 1. The third-order valence-electron chi connectivity index (χ3n) is 3.34. The summed E-state index contributed by atoms with van der Waals surface area (Å²) in [7, 11) is -2.99. The molecule has 0 radical (unpaired) electrons. The van der Waals surface area contributed by atoms with Gasteiger partial charge >= 0.3 is 6.18 Å². The van der Waals surface area contributed by atoms with E-state index in [0.717, 1.165) is 0 Å². The molecule has 0 saturated carbocycles. The van der Waals surface area contributed by atoms with Gasteiger partial charge in [0.2, 0.25) is 11.8 Å². The molecule has 25 heavy (non-hydrogen) atoms. The van der Waals surface area contributed by atoms with E-state index in [1.54, 1.807) is 0 Å². The minimum Gasteiger partial charge on any atom is -0.468 e. The van der Waals surface area contributed by atoms with Crippen LogP contribution in [0.2, 0.25) is 0 Å². The van der Waals surface area contributed by atoms with E-state index in [1.165, 1.54) is 30.1 Å². The number of thioether (sulfide) groups is 1. The molecule has 1 aromatic heterocycles. The van der Waals surface area contributed by atoms with Crippen molar-refractivity contribution < 1.29 is 31.1 Å². The molecule has 0 aliphatic carbocycles. The van der Waals surface area contributed by atoms with Gasteiger partial charge in [-0.2, -0.15) is 13.2 Å². The van der Waals surface area contributed by atoms with Crippen molar-refractivity contribution in [2.45, 2.75) is 24.4 Å². The van der Waals surface area contributed by atoms with Gasteiger partial charge < -0.3 is 10.1 Å². The standard InChI is InChI=1S/C14H17F3N2O4S2/c15-14(16,17)9-23-13-10(2-1-4-18-13)6-19-12(20)7-24-11-3-5-25(21,22)8-11/h1-2,4,11H,3,5-9H2,(H,19,20). The van der Waals surface area contributed by atoms with Gasteiger partial charge in [0, 0.05) is 23.6 Å². The lowest BCUT2D eigenvalue weighted by Crippen LogP contribution is -2.26. The first-order valence-electron chi connectivity index (χ1n) is 7.37. The Morgan fingerprint density at radius 2 is 2.20 bits per heavy atom. The fraction of sp³-hybridized carbons (Fsp3) is 0.571. The Morgan fingerprint density at radius 3 is 2.84 bits per heavy atom. The number of hydrogen-bond donors (Lipinski definition) is 1. The molecular formula is C14H17F3N2O4S2. The summed E-state index contributed by atoms with van der Waals surface area (Å²) >= 11 is 1.26. The van der Waals surface area contributed by atoms with E-state index in [1.807, 2.05) is 0 Å². The topological polar surface area (TPSA) is 85.4 Å². The minimum atomic E-state index is -4.48. The highest BCUT2D eigenvalue weighted by molar-refractivity contribution is 8.02. The number of nitrogens with zero attached hydrogens (tertiary/aromatic N) is 1. The smallest absolute Gasteiger partial charge is 0.422 e. The maximum absolute atomic E-state index is 12.2. The number of nitrogens with one attached hydrogen (secondary N) is 1. The van der Waals surface area contributed by atoms with Gasteiger partial charge in [0.1, 0.15) is 0 Å². The molecule has 1 amide bonds. The normalized spacial score (nSPS) is 19.6. The number of sulfone groups is 1. The van der Waals surface area contributed by atoms with Crippen molar-refractivity contribution in [2.24, 2.45) is 0 Å². The zero-order valence-electron chi connectivity index (χ0n) is 13.1.